The van der Waals surface area contributed by atoms with Gasteiger partial charge in [-0.05, 0) is 71.4 Å². The molecule has 0 saturated heterocycles. The van der Waals surface area contributed by atoms with E-state index in [0.29, 0.717) is 5.89 Å². The van der Waals surface area contributed by atoms with Crippen LogP contribution in [0.4, 0.5) is 17.1 Å². The van der Waals surface area contributed by atoms with Gasteiger partial charge in [0.05, 0.1) is 11.1 Å². The summed E-state index contributed by atoms with van der Waals surface area (Å²) >= 11 is 0. The Morgan fingerprint density at radius 3 is 2.02 bits per heavy atom. The van der Waals surface area contributed by atoms with E-state index >= 15 is 0 Å². The van der Waals surface area contributed by atoms with E-state index in [4.69, 9.17) is 18.2 Å². The molecule has 0 radical (unpaired) electrons. The molecule has 5 heteroatoms. The van der Waals surface area contributed by atoms with Crippen LogP contribution in [0.15, 0.2) is 171 Å². The summed E-state index contributed by atoms with van der Waals surface area (Å²) in [7, 11) is 0. The zero-order chi connectivity index (χ0) is 32.8. The number of furan rings is 2. The zero-order valence-corrected chi connectivity index (χ0v) is 26.6. The van der Waals surface area contributed by atoms with E-state index in [0.717, 1.165) is 99.1 Å². The van der Waals surface area contributed by atoms with Gasteiger partial charge in [-0.3, -0.25) is 0 Å². The van der Waals surface area contributed by atoms with E-state index in [1.165, 1.54) is 0 Å². The molecule has 0 N–H and O–H groups in total. The van der Waals surface area contributed by atoms with Crippen LogP contribution >= 0.6 is 0 Å². The number of benzene rings is 8. The van der Waals surface area contributed by atoms with Gasteiger partial charge in [0, 0.05) is 49.9 Å². The van der Waals surface area contributed by atoms with Crippen LogP contribution < -0.4 is 4.90 Å². The van der Waals surface area contributed by atoms with Crippen molar-refractivity contribution in [1.29, 1.82) is 0 Å². The normalized spacial score (nSPS) is 12.0. The maximum atomic E-state index is 6.60. The third kappa shape index (κ3) is 3.92. The molecule has 0 fully saturated rings. The van der Waals surface area contributed by atoms with Crippen molar-refractivity contribution in [3.63, 3.8) is 0 Å². The zero-order valence-electron chi connectivity index (χ0n) is 26.6. The molecule has 0 aliphatic heterocycles. The molecule has 0 saturated carbocycles. The van der Waals surface area contributed by atoms with Crippen LogP contribution in [0, 0.1) is 0 Å². The molecule has 3 aromatic heterocycles. The summed E-state index contributed by atoms with van der Waals surface area (Å²) in [5.74, 6) is 0.575. The Hall–Kier alpha value is -6.85. The van der Waals surface area contributed by atoms with Crippen molar-refractivity contribution in [2.75, 3.05) is 4.90 Å². The van der Waals surface area contributed by atoms with Crippen molar-refractivity contribution in [2.24, 2.45) is 0 Å². The SMILES string of the molecule is c1ccc(N(c2ccc3c(c2)oc2cccc(-c4nc5c(ccc6ccccc65)o4)c23)c2cccc3oc4c5ccccc5ccc4c23)cc1. The Morgan fingerprint density at radius 2 is 1.14 bits per heavy atom. The Morgan fingerprint density at radius 1 is 0.420 bits per heavy atom. The van der Waals surface area contributed by atoms with E-state index in [1.54, 1.807) is 0 Å². The van der Waals surface area contributed by atoms with Crippen LogP contribution in [-0.2, 0) is 0 Å². The first kappa shape index (κ1) is 27.1. The summed E-state index contributed by atoms with van der Waals surface area (Å²) in [6, 6.07) is 54.3. The van der Waals surface area contributed by atoms with Crippen LogP contribution in [0.3, 0.4) is 0 Å². The lowest BCUT2D eigenvalue weighted by Gasteiger charge is -2.26. The minimum Gasteiger partial charge on any atom is -0.456 e. The van der Waals surface area contributed by atoms with Gasteiger partial charge in [0.15, 0.2) is 5.58 Å². The van der Waals surface area contributed by atoms with Crippen molar-refractivity contribution in [2.45, 2.75) is 0 Å². The van der Waals surface area contributed by atoms with Crippen molar-refractivity contribution in [1.82, 2.24) is 4.98 Å². The van der Waals surface area contributed by atoms with Gasteiger partial charge < -0.3 is 18.2 Å². The Kier molecular flexibility index (Phi) is 5.60. The predicted octanol–water partition coefficient (Wildman–Crippen LogP) is 13.1. The fraction of sp³-hybridized carbons (Fsp3) is 0. The van der Waals surface area contributed by atoms with Crippen molar-refractivity contribution >= 4 is 93.6 Å². The lowest BCUT2D eigenvalue weighted by atomic mass is 10.0. The monoisotopic (exact) mass is 642 g/mol. The highest BCUT2D eigenvalue weighted by molar-refractivity contribution is 6.20. The summed E-state index contributed by atoms with van der Waals surface area (Å²) in [5.41, 5.74) is 8.85. The molecule has 0 amide bonds. The van der Waals surface area contributed by atoms with Gasteiger partial charge in [-0.15, -0.1) is 0 Å². The van der Waals surface area contributed by atoms with E-state index < -0.39 is 0 Å². The first-order chi connectivity index (χ1) is 24.8. The highest BCUT2D eigenvalue weighted by Gasteiger charge is 2.23. The molecule has 0 bridgehead atoms. The maximum absolute atomic E-state index is 6.60. The van der Waals surface area contributed by atoms with E-state index in [2.05, 4.69) is 126 Å². The lowest BCUT2D eigenvalue weighted by Crippen LogP contribution is -2.10. The largest absolute Gasteiger partial charge is 0.456 e. The topological polar surface area (TPSA) is 55.6 Å². The third-order valence-electron chi connectivity index (χ3n) is 9.87. The molecule has 0 unspecified atom stereocenters. The predicted molar refractivity (Wildman–Crippen MR) is 204 cm³/mol. The Bertz CT molecular complexity index is 3110. The van der Waals surface area contributed by atoms with Crippen molar-refractivity contribution < 1.29 is 13.3 Å². The van der Waals surface area contributed by atoms with Gasteiger partial charge >= 0.3 is 0 Å². The first-order valence-electron chi connectivity index (χ1n) is 16.7. The number of rotatable bonds is 4. The Labute approximate surface area is 285 Å². The number of aromatic nitrogens is 1. The lowest BCUT2D eigenvalue weighted by molar-refractivity contribution is 0.620. The molecule has 0 atom stereocenters. The summed E-state index contributed by atoms with van der Waals surface area (Å²) in [5, 5.41) is 8.58. The quantitative estimate of drug-likeness (QED) is 0.191. The molecule has 5 nitrogen and oxygen atoms in total. The molecular weight excluding hydrogens is 617 g/mol. The third-order valence-corrected chi connectivity index (χ3v) is 9.87. The van der Waals surface area contributed by atoms with Gasteiger partial charge in [0.1, 0.15) is 27.8 Å². The smallest absolute Gasteiger partial charge is 0.228 e. The molecule has 50 heavy (non-hydrogen) atoms. The second-order valence-electron chi connectivity index (χ2n) is 12.7. The Balaban J connectivity index is 1.12. The highest BCUT2D eigenvalue weighted by Crippen LogP contribution is 2.46. The van der Waals surface area contributed by atoms with Crippen LogP contribution in [0.25, 0.3) is 88.0 Å². The number of anilines is 3. The number of nitrogens with zero attached hydrogens (tertiary/aromatic N) is 2. The van der Waals surface area contributed by atoms with Crippen molar-refractivity contribution in [3.8, 4) is 11.5 Å². The van der Waals surface area contributed by atoms with Gasteiger partial charge in [0.2, 0.25) is 5.89 Å². The minimum absolute atomic E-state index is 0.575. The number of fused-ring (bicyclic) bond motifs is 11. The molecule has 234 valence electrons. The fourth-order valence-corrected chi connectivity index (χ4v) is 7.63. The molecule has 0 aliphatic carbocycles. The van der Waals surface area contributed by atoms with Crippen LogP contribution in [0.1, 0.15) is 0 Å². The molecule has 11 aromatic rings. The molecule has 0 spiro atoms. The molecule has 11 rings (SSSR count). The summed E-state index contributed by atoms with van der Waals surface area (Å²) in [6.45, 7) is 0. The van der Waals surface area contributed by atoms with E-state index in [-0.39, 0.29) is 0 Å². The van der Waals surface area contributed by atoms with Gasteiger partial charge in [-0.1, -0.05) is 91.0 Å². The molecular formula is C45H26N2O3. The van der Waals surface area contributed by atoms with Gasteiger partial charge in [-0.2, -0.15) is 0 Å². The van der Waals surface area contributed by atoms with E-state index in [1.807, 2.05) is 36.4 Å². The number of hydrogen-bond donors (Lipinski definition) is 0. The summed E-state index contributed by atoms with van der Waals surface area (Å²) in [4.78, 5) is 7.30. The van der Waals surface area contributed by atoms with Crippen LogP contribution in [0.5, 0.6) is 0 Å². The number of oxazole rings is 1. The second-order valence-corrected chi connectivity index (χ2v) is 12.7. The maximum Gasteiger partial charge on any atom is 0.228 e. The second kappa shape index (κ2) is 10.3. The van der Waals surface area contributed by atoms with Crippen molar-refractivity contribution in [3.05, 3.63) is 158 Å². The standard InChI is InChI=1S/C45H26N2O3/c1-2-12-29(13-3-1)47(36-17-9-19-38-42(36)34-23-20-28-11-5-7-15-32(28)44(34)49-38)30-22-24-33-40(26-30)48-37-18-8-16-35(41(33)37)45-46-43-31-14-6-4-10-27(31)21-25-39(43)50-45/h1-26H. The fourth-order valence-electron chi connectivity index (χ4n) is 7.63. The molecule has 8 aromatic carbocycles. The number of para-hydroxylation sites is 1. The first-order valence-corrected chi connectivity index (χ1v) is 16.7. The van der Waals surface area contributed by atoms with Gasteiger partial charge in [0.25, 0.3) is 0 Å². The summed E-state index contributed by atoms with van der Waals surface area (Å²) < 4.78 is 19.6. The minimum atomic E-state index is 0.575. The highest BCUT2D eigenvalue weighted by atomic mass is 16.4. The van der Waals surface area contributed by atoms with Crippen LogP contribution in [0.2, 0.25) is 0 Å². The number of hydrogen-bond acceptors (Lipinski definition) is 5. The summed E-state index contributed by atoms with van der Waals surface area (Å²) in [6.07, 6.45) is 0. The molecule has 0 aliphatic rings. The van der Waals surface area contributed by atoms with Crippen LogP contribution in [-0.4, -0.2) is 4.98 Å². The van der Waals surface area contributed by atoms with Gasteiger partial charge in [-0.25, -0.2) is 4.98 Å². The average molecular weight is 643 g/mol. The average Bonchev–Trinajstić information content (AvgIpc) is 3.89. The van der Waals surface area contributed by atoms with E-state index in [9.17, 15) is 0 Å². The molecule has 3 heterocycles.